The summed E-state index contributed by atoms with van der Waals surface area (Å²) in [7, 11) is 1.34. The Morgan fingerprint density at radius 2 is 1.92 bits per heavy atom. The number of phenols is 1. The molecule has 0 bridgehead atoms. The van der Waals surface area contributed by atoms with Crippen molar-refractivity contribution in [3.05, 3.63) is 79.5 Å². The maximum atomic E-state index is 12.7. The molecule has 198 valence electrons. The molecule has 0 radical (unpaired) electrons. The summed E-state index contributed by atoms with van der Waals surface area (Å²) in [6.07, 6.45) is -0.134. The predicted molar refractivity (Wildman–Crippen MR) is 142 cm³/mol. The first kappa shape index (κ1) is 26.5. The molecule has 1 saturated heterocycles. The SMILES string of the molecule is COc1cc(C(N=C2NC(=O)C(CC(=O)Nc3cccc(C)c3C)S2)c2c(O)[nH]c(=O)[nH]c2=O)ccc1O. The smallest absolute Gasteiger partial charge is 0.328 e. The van der Waals surface area contributed by atoms with Gasteiger partial charge in [0.1, 0.15) is 16.9 Å². The van der Waals surface area contributed by atoms with Crippen LogP contribution in [0.25, 0.3) is 0 Å². The van der Waals surface area contributed by atoms with Gasteiger partial charge in [0.2, 0.25) is 17.7 Å². The van der Waals surface area contributed by atoms with Crippen LogP contribution in [0.4, 0.5) is 5.69 Å². The third kappa shape index (κ3) is 5.57. The number of carbonyl (C=O) groups excluding carboxylic acids is 2. The van der Waals surface area contributed by atoms with E-state index < -0.39 is 34.3 Å². The number of methoxy groups -OCH3 is 1. The van der Waals surface area contributed by atoms with Crippen molar-refractivity contribution >= 4 is 34.4 Å². The van der Waals surface area contributed by atoms with Gasteiger partial charge >= 0.3 is 5.69 Å². The monoisotopic (exact) mass is 539 g/mol. The molecule has 0 aliphatic carbocycles. The number of hydrogen-bond donors (Lipinski definition) is 6. The zero-order chi connectivity index (χ0) is 27.6. The quantitative estimate of drug-likeness (QED) is 0.262. The number of thioether (sulfide) groups is 1. The Balaban J connectivity index is 1.63. The first-order valence-electron chi connectivity index (χ1n) is 11.4. The van der Waals surface area contributed by atoms with E-state index in [1.54, 1.807) is 6.07 Å². The van der Waals surface area contributed by atoms with Gasteiger partial charge in [0, 0.05) is 12.1 Å². The van der Waals surface area contributed by atoms with E-state index in [9.17, 15) is 29.4 Å². The van der Waals surface area contributed by atoms with Gasteiger partial charge in [0.05, 0.1) is 7.11 Å². The summed E-state index contributed by atoms with van der Waals surface area (Å²) in [6.45, 7) is 3.82. The third-order valence-corrected chi connectivity index (χ3v) is 7.12. The second-order valence-electron chi connectivity index (χ2n) is 8.53. The molecule has 13 heteroatoms. The van der Waals surface area contributed by atoms with E-state index in [-0.39, 0.29) is 34.6 Å². The zero-order valence-corrected chi connectivity index (χ0v) is 21.4. The summed E-state index contributed by atoms with van der Waals surface area (Å²) in [5.74, 6) is -1.61. The van der Waals surface area contributed by atoms with Crippen molar-refractivity contribution in [1.29, 1.82) is 0 Å². The molecule has 1 aromatic heterocycles. The molecule has 2 aromatic carbocycles. The average Bonchev–Trinajstić information content (AvgIpc) is 3.19. The molecule has 3 aromatic rings. The molecule has 2 atom stereocenters. The number of H-pyrrole nitrogens is 2. The molecule has 1 fully saturated rings. The Hall–Kier alpha value is -4.52. The van der Waals surface area contributed by atoms with E-state index >= 15 is 0 Å². The summed E-state index contributed by atoms with van der Waals surface area (Å²) < 4.78 is 5.14. The summed E-state index contributed by atoms with van der Waals surface area (Å²) >= 11 is 0.993. The van der Waals surface area contributed by atoms with Crippen LogP contribution in [0, 0.1) is 13.8 Å². The normalized spacial score (nSPS) is 16.8. The van der Waals surface area contributed by atoms with Crippen LogP contribution in [-0.4, -0.2) is 49.5 Å². The zero-order valence-electron chi connectivity index (χ0n) is 20.6. The van der Waals surface area contributed by atoms with Gasteiger partial charge < -0.3 is 25.6 Å². The minimum absolute atomic E-state index is 0.0807. The Labute approximate surface area is 220 Å². The van der Waals surface area contributed by atoms with Gasteiger partial charge in [-0.3, -0.25) is 24.4 Å². The number of phenolic OH excluding ortho intramolecular Hbond substituents is 1. The number of benzene rings is 2. The van der Waals surface area contributed by atoms with Crippen LogP contribution in [0.2, 0.25) is 0 Å². The van der Waals surface area contributed by atoms with Gasteiger partial charge in [-0.2, -0.15) is 0 Å². The number of ether oxygens (including phenoxy) is 1. The Bertz CT molecular complexity index is 1560. The molecule has 6 N–H and O–H groups in total. The lowest BCUT2D eigenvalue weighted by molar-refractivity contribution is -0.122. The van der Waals surface area contributed by atoms with Crippen molar-refractivity contribution in [2.45, 2.75) is 31.6 Å². The molecule has 2 heterocycles. The molecular weight excluding hydrogens is 514 g/mol. The molecule has 0 spiro atoms. The van der Waals surface area contributed by atoms with Gasteiger partial charge in [0.15, 0.2) is 16.7 Å². The fourth-order valence-corrected chi connectivity index (χ4v) is 4.88. The summed E-state index contributed by atoms with van der Waals surface area (Å²) in [5, 5.41) is 25.1. The van der Waals surface area contributed by atoms with Gasteiger partial charge in [-0.1, -0.05) is 30.0 Å². The lowest BCUT2D eigenvalue weighted by atomic mass is 10.0. The molecular formula is C25H25N5O7S. The molecule has 1 aliphatic heterocycles. The van der Waals surface area contributed by atoms with Gasteiger partial charge in [0.25, 0.3) is 5.56 Å². The minimum atomic E-state index is -1.21. The maximum absolute atomic E-state index is 12.7. The number of nitrogens with zero attached hydrogens (tertiary/aromatic N) is 1. The number of amides is 2. The third-order valence-electron chi connectivity index (χ3n) is 6.02. The lowest BCUT2D eigenvalue weighted by Gasteiger charge is -2.16. The number of aliphatic imine (C=N–C) groups is 1. The topological polar surface area (TPSA) is 186 Å². The Morgan fingerprint density at radius 1 is 1.16 bits per heavy atom. The predicted octanol–water partition coefficient (Wildman–Crippen LogP) is 1.81. The number of aromatic amines is 2. The number of hydrogen-bond acceptors (Lipinski definition) is 9. The molecule has 12 nitrogen and oxygen atoms in total. The molecule has 4 rings (SSSR count). The van der Waals surface area contributed by atoms with E-state index in [4.69, 9.17) is 4.74 Å². The Morgan fingerprint density at radius 3 is 2.63 bits per heavy atom. The summed E-state index contributed by atoms with van der Waals surface area (Å²) in [5.41, 5.74) is 0.798. The number of aromatic hydroxyl groups is 2. The van der Waals surface area contributed by atoms with Gasteiger partial charge in [-0.05, 0) is 48.7 Å². The number of rotatable bonds is 7. The molecule has 2 unspecified atom stereocenters. The highest BCUT2D eigenvalue weighted by atomic mass is 32.2. The van der Waals surface area contributed by atoms with Crippen molar-refractivity contribution in [3.63, 3.8) is 0 Å². The highest BCUT2D eigenvalue weighted by Crippen LogP contribution is 2.36. The maximum Gasteiger partial charge on any atom is 0.328 e. The van der Waals surface area contributed by atoms with Crippen LogP contribution in [0.5, 0.6) is 17.4 Å². The van der Waals surface area contributed by atoms with Crippen molar-refractivity contribution < 1.29 is 24.5 Å². The van der Waals surface area contributed by atoms with Crippen LogP contribution in [0.1, 0.15) is 34.7 Å². The molecule has 38 heavy (non-hydrogen) atoms. The Kier molecular flexibility index (Phi) is 7.57. The van der Waals surface area contributed by atoms with Crippen LogP contribution in [-0.2, 0) is 9.59 Å². The van der Waals surface area contributed by atoms with E-state index in [2.05, 4.69) is 20.6 Å². The van der Waals surface area contributed by atoms with E-state index in [0.29, 0.717) is 11.3 Å². The number of anilines is 1. The highest BCUT2D eigenvalue weighted by Gasteiger charge is 2.34. The first-order valence-corrected chi connectivity index (χ1v) is 12.3. The lowest BCUT2D eigenvalue weighted by Crippen LogP contribution is -2.29. The second kappa shape index (κ2) is 10.8. The number of carbonyl (C=O) groups is 2. The van der Waals surface area contributed by atoms with E-state index in [0.717, 1.165) is 22.9 Å². The van der Waals surface area contributed by atoms with Crippen LogP contribution in [0.15, 0.2) is 51.0 Å². The first-order chi connectivity index (χ1) is 18.1. The van der Waals surface area contributed by atoms with Crippen LogP contribution >= 0.6 is 11.8 Å². The van der Waals surface area contributed by atoms with Crippen LogP contribution in [0.3, 0.4) is 0 Å². The molecule has 1 aliphatic rings. The van der Waals surface area contributed by atoms with Crippen molar-refractivity contribution in [2.75, 3.05) is 12.4 Å². The number of nitrogens with one attached hydrogen (secondary N) is 4. The molecule has 0 saturated carbocycles. The molecule has 2 amide bonds. The standard InChI is InChI=1S/C25H25N5O7S/c1-11-5-4-6-14(12(11)2)26-18(32)10-17-21(33)30-25(38-17)27-20(13-7-8-15(31)16(9-13)37-3)19-22(34)28-24(36)29-23(19)35/h4-9,17,20,31H,10H2,1-3H3,(H,26,32)(H,27,30,33)(H3,28,29,34,35,36). The fourth-order valence-electron chi connectivity index (χ4n) is 3.88. The summed E-state index contributed by atoms with van der Waals surface area (Å²) in [4.78, 5) is 58.2. The summed E-state index contributed by atoms with van der Waals surface area (Å²) in [6, 6.07) is 8.50. The second-order valence-corrected chi connectivity index (χ2v) is 9.73. The van der Waals surface area contributed by atoms with Crippen molar-refractivity contribution in [2.24, 2.45) is 4.99 Å². The number of aromatic nitrogens is 2. The largest absolute Gasteiger partial charge is 0.504 e. The van der Waals surface area contributed by atoms with Crippen molar-refractivity contribution in [1.82, 2.24) is 15.3 Å². The van der Waals surface area contributed by atoms with Gasteiger partial charge in [-0.15, -0.1) is 0 Å². The average molecular weight is 540 g/mol. The fraction of sp³-hybridized carbons (Fsp3) is 0.240. The highest BCUT2D eigenvalue weighted by molar-refractivity contribution is 8.15. The van der Waals surface area contributed by atoms with Crippen molar-refractivity contribution in [3.8, 4) is 17.4 Å². The van der Waals surface area contributed by atoms with E-state index in [1.807, 2.05) is 31.0 Å². The van der Waals surface area contributed by atoms with Crippen LogP contribution < -0.4 is 26.6 Å². The van der Waals surface area contributed by atoms with E-state index in [1.165, 1.54) is 25.3 Å². The number of aryl methyl sites for hydroxylation is 1. The number of amidine groups is 1. The van der Waals surface area contributed by atoms with Gasteiger partial charge in [-0.25, -0.2) is 9.79 Å². The minimum Gasteiger partial charge on any atom is -0.504 e.